The van der Waals surface area contributed by atoms with Crippen molar-refractivity contribution >= 4 is 17.9 Å². The Morgan fingerprint density at radius 2 is 1.57 bits per heavy atom. The zero-order valence-electron chi connectivity index (χ0n) is 15.0. The molecule has 2 aromatic carbocycles. The Morgan fingerprint density at radius 1 is 0.893 bits per heavy atom. The summed E-state index contributed by atoms with van der Waals surface area (Å²) in [7, 11) is 0. The van der Waals surface area contributed by atoms with Crippen molar-refractivity contribution in [3.05, 3.63) is 77.2 Å². The highest BCUT2D eigenvalue weighted by Crippen LogP contribution is 2.30. The Kier molecular flexibility index (Phi) is 3.87. The highest BCUT2D eigenvalue weighted by molar-refractivity contribution is 7.71. The van der Waals surface area contributed by atoms with Crippen LogP contribution in [0, 0.1) is 11.7 Å². The first kappa shape index (κ1) is 16.6. The standard InChI is InChI=1S/C21H16N6S/c1-13-18(15-10-6-3-7-11-15)20-25-24-19(27(20)26-13)17-12-16(22-21(28)23-17)14-8-4-2-5-9-14/h2-12,26H,1H3,(H,22,23,28). The third-order valence-electron chi connectivity index (χ3n) is 4.66. The molecule has 136 valence electrons. The second-order valence-electron chi connectivity index (χ2n) is 6.51. The molecule has 0 unspecified atom stereocenters. The van der Waals surface area contributed by atoms with Gasteiger partial charge in [0.1, 0.15) is 0 Å². The molecule has 5 rings (SSSR count). The maximum Gasteiger partial charge on any atom is 0.199 e. The highest BCUT2D eigenvalue weighted by Gasteiger charge is 2.18. The minimum Gasteiger partial charge on any atom is -0.328 e. The third-order valence-corrected chi connectivity index (χ3v) is 4.85. The van der Waals surface area contributed by atoms with E-state index in [1.807, 2.05) is 66.0 Å². The van der Waals surface area contributed by atoms with E-state index in [0.717, 1.165) is 39.4 Å². The van der Waals surface area contributed by atoms with Gasteiger partial charge >= 0.3 is 0 Å². The van der Waals surface area contributed by atoms with Crippen LogP contribution in [-0.4, -0.2) is 29.8 Å². The van der Waals surface area contributed by atoms with Crippen LogP contribution in [0.15, 0.2) is 66.7 Å². The maximum absolute atomic E-state index is 5.36. The van der Waals surface area contributed by atoms with Crippen LogP contribution in [0.3, 0.4) is 0 Å². The molecule has 0 saturated heterocycles. The zero-order valence-corrected chi connectivity index (χ0v) is 15.9. The summed E-state index contributed by atoms with van der Waals surface area (Å²) in [5.74, 6) is 0.658. The van der Waals surface area contributed by atoms with Crippen molar-refractivity contribution in [3.8, 4) is 33.9 Å². The van der Waals surface area contributed by atoms with Crippen molar-refractivity contribution in [1.29, 1.82) is 0 Å². The topological polar surface area (TPSA) is 74.7 Å². The number of H-pyrrole nitrogens is 2. The molecule has 0 atom stereocenters. The molecule has 0 aliphatic heterocycles. The summed E-state index contributed by atoms with van der Waals surface area (Å²) in [6, 6.07) is 22.1. The molecule has 0 fully saturated rings. The van der Waals surface area contributed by atoms with Gasteiger partial charge in [-0.15, -0.1) is 10.2 Å². The first-order chi connectivity index (χ1) is 13.7. The molecule has 0 amide bonds. The van der Waals surface area contributed by atoms with Gasteiger partial charge in [0.2, 0.25) is 0 Å². The fraction of sp³-hybridized carbons (Fsp3) is 0.0476. The Balaban J connectivity index is 1.69. The normalized spacial score (nSPS) is 11.2. The summed E-state index contributed by atoms with van der Waals surface area (Å²) in [6.45, 7) is 2.03. The third kappa shape index (κ3) is 2.73. The average molecular weight is 384 g/mol. The molecular weight excluding hydrogens is 368 g/mol. The van der Waals surface area contributed by atoms with E-state index in [9.17, 15) is 0 Å². The SMILES string of the molecule is Cc1[nH]n2c(-c3cc(-c4ccccc4)nc(=S)[nH]3)nnc2c1-c1ccccc1. The van der Waals surface area contributed by atoms with Crippen LogP contribution in [0.2, 0.25) is 0 Å². The van der Waals surface area contributed by atoms with Crippen LogP contribution in [0.25, 0.3) is 39.5 Å². The monoisotopic (exact) mass is 384 g/mol. The predicted octanol–water partition coefficient (Wildman–Crippen LogP) is 4.82. The van der Waals surface area contributed by atoms with Crippen LogP contribution in [0.4, 0.5) is 0 Å². The van der Waals surface area contributed by atoms with Crippen LogP contribution < -0.4 is 0 Å². The van der Waals surface area contributed by atoms with Gasteiger partial charge in [-0.3, -0.25) is 5.10 Å². The molecule has 3 aromatic heterocycles. The van der Waals surface area contributed by atoms with E-state index >= 15 is 0 Å². The minimum atomic E-state index is 0.402. The minimum absolute atomic E-state index is 0.402. The molecule has 28 heavy (non-hydrogen) atoms. The Hall–Kier alpha value is -3.58. The number of aryl methyl sites for hydroxylation is 1. The molecule has 0 aliphatic carbocycles. The van der Waals surface area contributed by atoms with Gasteiger partial charge < -0.3 is 4.98 Å². The fourth-order valence-corrected chi connectivity index (χ4v) is 3.61. The van der Waals surface area contributed by atoms with Gasteiger partial charge in [0, 0.05) is 16.8 Å². The Bertz CT molecular complexity index is 1330. The highest BCUT2D eigenvalue weighted by atomic mass is 32.1. The van der Waals surface area contributed by atoms with E-state index in [-0.39, 0.29) is 0 Å². The summed E-state index contributed by atoms with van der Waals surface area (Å²) in [6.07, 6.45) is 0. The first-order valence-corrected chi connectivity index (χ1v) is 9.28. The molecule has 0 saturated carbocycles. The molecular formula is C21H16N6S. The van der Waals surface area contributed by atoms with Gasteiger partial charge in [-0.05, 0) is 30.8 Å². The summed E-state index contributed by atoms with van der Waals surface area (Å²) in [5.41, 5.74) is 6.48. The molecule has 0 spiro atoms. The Labute approximate surface area is 165 Å². The van der Waals surface area contributed by atoms with Crippen LogP contribution in [-0.2, 0) is 0 Å². The second-order valence-corrected chi connectivity index (χ2v) is 6.90. The molecule has 7 heteroatoms. The number of hydrogen-bond acceptors (Lipinski definition) is 4. The van der Waals surface area contributed by atoms with Gasteiger partial charge in [-0.2, -0.15) is 0 Å². The van der Waals surface area contributed by atoms with E-state index in [1.165, 1.54) is 0 Å². The van der Waals surface area contributed by atoms with E-state index in [2.05, 4.69) is 37.4 Å². The maximum atomic E-state index is 5.36. The number of benzene rings is 2. The lowest BCUT2D eigenvalue weighted by Gasteiger charge is -2.04. The summed E-state index contributed by atoms with van der Waals surface area (Å²) in [5, 5.41) is 12.2. The van der Waals surface area contributed by atoms with Crippen LogP contribution in [0.1, 0.15) is 5.69 Å². The van der Waals surface area contributed by atoms with Gasteiger partial charge in [0.05, 0.1) is 11.4 Å². The van der Waals surface area contributed by atoms with E-state index in [1.54, 1.807) is 0 Å². The summed E-state index contributed by atoms with van der Waals surface area (Å²) >= 11 is 5.36. The predicted molar refractivity (Wildman–Crippen MR) is 111 cm³/mol. The van der Waals surface area contributed by atoms with E-state index in [0.29, 0.717) is 10.6 Å². The molecule has 0 radical (unpaired) electrons. The number of fused-ring (bicyclic) bond motifs is 1. The largest absolute Gasteiger partial charge is 0.328 e. The molecule has 6 nitrogen and oxygen atoms in total. The van der Waals surface area contributed by atoms with Gasteiger partial charge in [0.25, 0.3) is 0 Å². The summed E-state index contributed by atoms with van der Waals surface area (Å²) < 4.78 is 2.28. The molecule has 5 aromatic rings. The Morgan fingerprint density at radius 3 is 2.29 bits per heavy atom. The molecule has 0 bridgehead atoms. The van der Waals surface area contributed by atoms with Crippen molar-refractivity contribution in [2.24, 2.45) is 0 Å². The molecule has 0 aliphatic rings. The van der Waals surface area contributed by atoms with Gasteiger partial charge in [-0.1, -0.05) is 60.7 Å². The lowest BCUT2D eigenvalue weighted by molar-refractivity contribution is 0.928. The lowest BCUT2D eigenvalue weighted by Crippen LogP contribution is -1.96. The number of hydrogen-bond donors (Lipinski definition) is 2. The van der Waals surface area contributed by atoms with E-state index in [4.69, 9.17) is 12.2 Å². The fourth-order valence-electron chi connectivity index (χ4n) is 3.40. The number of aromatic amines is 2. The van der Waals surface area contributed by atoms with E-state index < -0.39 is 0 Å². The lowest BCUT2D eigenvalue weighted by atomic mass is 10.1. The van der Waals surface area contributed by atoms with Crippen molar-refractivity contribution in [2.45, 2.75) is 6.92 Å². The van der Waals surface area contributed by atoms with Crippen LogP contribution in [0.5, 0.6) is 0 Å². The summed E-state index contributed by atoms with van der Waals surface area (Å²) in [4.78, 5) is 7.60. The molecule has 2 N–H and O–H groups in total. The smallest absolute Gasteiger partial charge is 0.199 e. The first-order valence-electron chi connectivity index (χ1n) is 8.87. The second kappa shape index (κ2) is 6.54. The van der Waals surface area contributed by atoms with Crippen molar-refractivity contribution in [3.63, 3.8) is 0 Å². The van der Waals surface area contributed by atoms with Crippen molar-refractivity contribution in [1.82, 2.24) is 29.8 Å². The zero-order chi connectivity index (χ0) is 19.1. The van der Waals surface area contributed by atoms with Gasteiger partial charge in [0.15, 0.2) is 16.2 Å². The van der Waals surface area contributed by atoms with Crippen LogP contribution >= 0.6 is 12.2 Å². The number of aromatic nitrogens is 6. The quantitative estimate of drug-likeness (QED) is 0.437. The number of rotatable bonds is 3. The van der Waals surface area contributed by atoms with Crippen molar-refractivity contribution in [2.75, 3.05) is 0 Å². The van der Waals surface area contributed by atoms with Crippen molar-refractivity contribution < 1.29 is 0 Å². The number of nitrogens with one attached hydrogen (secondary N) is 2. The number of nitrogens with zero attached hydrogens (tertiary/aromatic N) is 4. The average Bonchev–Trinajstić information content (AvgIpc) is 3.26. The van der Waals surface area contributed by atoms with Gasteiger partial charge in [-0.25, -0.2) is 9.50 Å². The molecule has 3 heterocycles.